The highest BCUT2D eigenvalue weighted by Gasteiger charge is 2.08. The molecule has 0 unspecified atom stereocenters. The van der Waals surface area contributed by atoms with E-state index in [4.69, 9.17) is 5.73 Å². The maximum Gasteiger partial charge on any atom is 0.160 e. The van der Waals surface area contributed by atoms with E-state index in [9.17, 15) is 0 Å². The molecule has 0 amide bonds. The van der Waals surface area contributed by atoms with Crippen molar-refractivity contribution in [3.05, 3.63) is 30.2 Å². The third kappa shape index (κ3) is 4.30. The number of anilines is 4. The van der Waals surface area contributed by atoms with Gasteiger partial charge in [-0.1, -0.05) is 19.9 Å². The summed E-state index contributed by atoms with van der Waals surface area (Å²) < 4.78 is 0. The molecule has 2 rings (SSSR count). The van der Waals surface area contributed by atoms with Crippen molar-refractivity contribution in [3.63, 3.8) is 0 Å². The first-order chi connectivity index (χ1) is 10.1. The van der Waals surface area contributed by atoms with Gasteiger partial charge in [0.15, 0.2) is 11.6 Å². The first-order valence-electron chi connectivity index (χ1n) is 7.11. The van der Waals surface area contributed by atoms with E-state index >= 15 is 0 Å². The smallest absolute Gasteiger partial charge is 0.160 e. The van der Waals surface area contributed by atoms with Crippen molar-refractivity contribution in [3.8, 4) is 0 Å². The van der Waals surface area contributed by atoms with Gasteiger partial charge in [-0.3, -0.25) is 0 Å². The van der Waals surface area contributed by atoms with Gasteiger partial charge in [0.05, 0.1) is 0 Å². The minimum atomic E-state index is 0.504. The van der Waals surface area contributed by atoms with Crippen LogP contribution < -0.4 is 16.4 Å². The topological polar surface area (TPSA) is 88.8 Å². The fraction of sp³-hybridized carbons (Fsp3) is 0.400. The molecule has 0 aliphatic rings. The van der Waals surface area contributed by atoms with Crippen LogP contribution in [-0.4, -0.2) is 21.5 Å². The van der Waals surface area contributed by atoms with E-state index in [0.717, 1.165) is 18.7 Å². The summed E-state index contributed by atoms with van der Waals surface area (Å²) in [5.41, 5.74) is 7.55. The third-order valence-corrected chi connectivity index (χ3v) is 3.03. The zero-order valence-electron chi connectivity index (χ0n) is 12.7. The summed E-state index contributed by atoms with van der Waals surface area (Å²) >= 11 is 0. The maximum absolute atomic E-state index is 6.11. The van der Waals surface area contributed by atoms with Crippen LogP contribution in [0.1, 0.15) is 26.0 Å². The highest BCUT2D eigenvalue weighted by molar-refractivity contribution is 5.76. The number of hydrogen-bond donors (Lipinski definition) is 3. The zero-order valence-corrected chi connectivity index (χ0v) is 12.7. The Balaban J connectivity index is 2.10. The molecule has 0 radical (unpaired) electrons. The Morgan fingerprint density at radius 3 is 2.67 bits per heavy atom. The number of aryl methyl sites for hydroxylation is 1. The van der Waals surface area contributed by atoms with Crippen LogP contribution in [0.5, 0.6) is 0 Å². The summed E-state index contributed by atoms with van der Waals surface area (Å²) in [6.07, 6.45) is 2.55. The Labute approximate surface area is 125 Å². The van der Waals surface area contributed by atoms with Crippen molar-refractivity contribution in [1.29, 1.82) is 0 Å². The van der Waals surface area contributed by atoms with Gasteiger partial charge >= 0.3 is 0 Å². The summed E-state index contributed by atoms with van der Waals surface area (Å²) in [5.74, 6) is 2.57. The molecule has 0 atom stereocenters. The number of nitrogen functional groups attached to an aromatic ring is 1. The predicted molar refractivity (Wildman–Crippen MR) is 86.6 cm³/mol. The van der Waals surface area contributed by atoms with E-state index < -0.39 is 0 Å². The lowest BCUT2D eigenvalue weighted by atomic mass is 10.1. The van der Waals surface area contributed by atoms with Crippen LogP contribution in [0.4, 0.5) is 23.1 Å². The molecule has 0 saturated heterocycles. The lowest BCUT2D eigenvalue weighted by Gasteiger charge is -2.13. The molecule has 0 fully saturated rings. The normalized spacial score (nSPS) is 10.7. The molecule has 21 heavy (non-hydrogen) atoms. The fourth-order valence-corrected chi connectivity index (χ4v) is 1.85. The molecule has 0 saturated carbocycles. The van der Waals surface area contributed by atoms with E-state index in [2.05, 4.69) is 39.4 Å². The Morgan fingerprint density at radius 1 is 1.19 bits per heavy atom. The van der Waals surface area contributed by atoms with Crippen LogP contribution in [-0.2, 0) is 0 Å². The molecule has 6 nitrogen and oxygen atoms in total. The minimum absolute atomic E-state index is 0.504. The van der Waals surface area contributed by atoms with Crippen molar-refractivity contribution in [2.75, 3.05) is 22.9 Å². The van der Waals surface area contributed by atoms with E-state index in [-0.39, 0.29) is 0 Å². The maximum atomic E-state index is 6.11. The average molecular weight is 286 g/mol. The first-order valence-corrected chi connectivity index (χ1v) is 7.11. The first kappa shape index (κ1) is 15.0. The zero-order chi connectivity index (χ0) is 15.2. The molecular weight excluding hydrogens is 264 g/mol. The average Bonchev–Trinajstić information content (AvgIpc) is 2.42. The summed E-state index contributed by atoms with van der Waals surface area (Å²) in [6.45, 7) is 7.14. The monoisotopic (exact) mass is 286 g/mol. The summed E-state index contributed by atoms with van der Waals surface area (Å²) in [5, 5.41) is 6.37. The number of pyridine rings is 1. The largest absolute Gasteiger partial charge is 0.393 e. The van der Waals surface area contributed by atoms with Crippen LogP contribution in [0.15, 0.2) is 24.5 Å². The molecule has 112 valence electrons. The van der Waals surface area contributed by atoms with Crippen LogP contribution in [0, 0.1) is 12.8 Å². The lowest BCUT2D eigenvalue weighted by molar-refractivity contribution is 0.606. The van der Waals surface area contributed by atoms with E-state index in [0.29, 0.717) is 29.1 Å². The van der Waals surface area contributed by atoms with E-state index in [1.807, 2.05) is 25.1 Å². The van der Waals surface area contributed by atoms with Crippen LogP contribution >= 0.6 is 0 Å². The standard InChI is InChI=1S/C15H22N6/c1-10(2)7-8-17-14-13(16)15(19-9-18-14)21-12-6-4-5-11(3)20-12/h4-6,9-10H,7-8,16H2,1-3H3,(H2,17,18,19,20,21). The molecule has 0 spiro atoms. The van der Waals surface area contributed by atoms with Gasteiger partial charge in [0, 0.05) is 12.2 Å². The lowest BCUT2D eigenvalue weighted by Crippen LogP contribution is -2.10. The molecule has 2 aromatic heterocycles. The van der Waals surface area contributed by atoms with Gasteiger partial charge in [-0.15, -0.1) is 0 Å². The summed E-state index contributed by atoms with van der Waals surface area (Å²) in [6, 6.07) is 5.75. The highest BCUT2D eigenvalue weighted by atomic mass is 15.1. The quantitative estimate of drug-likeness (QED) is 0.756. The molecule has 0 aromatic carbocycles. The van der Waals surface area contributed by atoms with Crippen molar-refractivity contribution in [2.24, 2.45) is 5.92 Å². The van der Waals surface area contributed by atoms with Crippen molar-refractivity contribution in [2.45, 2.75) is 27.2 Å². The van der Waals surface area contributed by atoms with Gasteiger partial charge in [-0.2, -0.15) is 0 Å². The Hall–Kier alpha value is -2.37. The summed E-state index contributed by atoms with van der Waals surface area (Å²) in [4.78, 5) is 12.7. The van der Waals surface area contributed by atoms with Gasteiger partial charge in [0.1, 0.15) is 17.8 Å². The van der Waals surface area contributed by atoms with Crippen molar-refractivity contribution in [1.82, 2.24) is 15.0 Å². The Morgan fingerprint density at radius 2 is 1.95 bits per heavy atom. The number of rotatable bonds is 6. The number of nitrogens with one attached hydrogen (secondary N) is 2. The van der Waals surface area contributed by atoms with E-state index in [1.54, 1.807) is 0 Å². The second kappa shape index (κ2) is 6.88. The fourth-order valence-electron chi connectivity index (χ4n) is 1.85. The van der Waals surface area contributed by atoms with Gasteiger partial charge < -0.3 is 16.4 Å². The number of aromatic nitrogens is 3. The molecule has 2 aromatic rings. The van der Waals surface area contributed by atoms with Crippen molar-refractivity contribution >= 4 is 23.1 Å². The van der Waals surface area contributed by atoms with Crippen LogP contribution in [0.25, 0.3) is 0 Å². The van der Waals surface area contributed by atoms with Gasteiger partial charge in [0.2, 0.25) is 0 Å². The molecule has 2 heterocycles. The molecule has 4 N–H and O–H groups in total. The van der Waals surface area contributed by atoms with Crippen molar-refractivity contribution < 1.29 is 0 Å². The Bertz CT molecular complexity index is 596. The molecule has 6 heteroatoms. The van der Waals surface area contributed by atoms with Crippen LogP contribution in [0.2, 0.25) is 0 Å². The number of nitrogens with zero attached hydrogens (tertiary/aromatic N) is 3. The number of hydrogen-bond acceptors (Lipinski definition) is 6. The summed E-state index contributed by atoms with van der Waals surface area (Å²) in [7, 11) is 0. The second-order valence-corrected chi connectivity index (χ2v) is 5.38. The molecule has 0 aliphatic heterocycles. The molecule has 0 aliphatic carbocycles. The molecular formula is C15H22N6. The van der Waals surface area contributed by atoms with Gasteiger partial charge in [-0.05, 0) is 31.4 Å². The van der Waals surface area contributed by atoms with E-state index in [1.165, 1.54) is 6.33 Å². The molecule has 0 bridgehead atoms. The third-order valence-electron chi connectivity index (χ3n) is 3.03. The SMILES string of the molecule is Cc1cccc(Nc2ncnc(NCCC(C)C)c2N)n1. The second-order valence-electron chi connectivity index (χ2n) is 5.38. The number of nitrogens with two attached hydrogens (primary N) is 1. The minimum Gasteiger partial charge on any atom is -0.393 e. The van der Waals surface area contributed by atoms with Gasteiger partial charge in [-0.25, -0.2) is 15.0 Å². The highest BCUT2D eigenvalue weighted by Crippen LogP contribution is 2.25. The Kier molecular flexibility index (Phi) is 4.92. The van der Waals surface area contributed by atoms with Crippen LogP contribution in [0.3, 0.4) is 0 Å². The van der Waals surface area contributed by atoms with Gasteiger partial charge in [0.25, 0.3) is 0 Å². The predicted octanol–water partition coefficient (Wildman–Crippen LogP) is 2.96.